The Hall–Kier alpha value is -1.71. The van der Waals surface area contributed by atoms with Gasteiger partial charge in [-0.1, -0.05) is 57.6 Å². The van der Waals surface area contributed by atoms with Crippen molar-refractivity contribution in [1.82, 2.24) is 0 Å². The minimum Gasteiger partial charge on any atom is -0.480 e. The Balaban J connectivity index is 2.32. The van der Waals surface area contributed by atoms with Crippen LogP contribution in [0.25, 0.3) is 0 Å². The second-order valence-electron chi connectivity index (χ2n) is 5.44. The van der Waals surface area contributed by atoms with Gasteiger partial charge in [-0.25, -0.2) is 0 Å². The van der Waals surface area contributed by atoms with Gasteiger partial charge in [-0.2, -0.15) is 0 Å². The molecule has 1 aliphatic carbocycles. The molecule has 0 radical (unpaired) electrons. The molecule has 0 aromatic heterocycles. The molecule has 1 unspecified atom stereocenters. The van der Waals surface area contributed by atoms with Crippen LogP contribution in [0.15, 0.2) is 23.8 Å². The Morgan fingerprint density at radius 3 is 2.33 bits per heavy atom. The van der Waals surface area contributed by atoms with E-state index >= 15 is 0 Å². The molecule has 0 heterocycles. The number of carboxylic acids is 1. The highest BCUT2D eigenvalue weighted by Crippen LogP contribution is 2.18. The SMILES string of the molecule is CCCCCCCCCC(=O)C1=CC=CC(C(=O)O)C1=O. The molecule has 1 N–H and O–H groups in total. The predicted octanol–water partition coefficient (Wildman–Crippen LogP) is 3.46. The van der Waals surface area contributed by atoms with Crippen LogP contribution in [0.1, 0.15) is 58.3 Å². The van der Waals surface area contributed by atoms with Gasteiger partial charge in [-0.3, -0.25) is 14.4 Å². The Labute approximate surface area is 125 Å². The summed E-state index contributed by atoms with van der Waals surface area (Å²) in [6.45, 7) is 2.17. The van der Waals surface area contributed by atoms with Crippen LogP contribution in [-0.2, 0) is 14.4 Å². The van der Waals surface area contributed by atoms with Gasteiger partial charge < -0.3 is 5.11 Å². The molecule has 0 fully saturated rings. The van der Waals surface area contributed by atoms with E-state index in [4.69, 9.17) is 5.11 Å². The average Bonchev–Trinajstić information content (AvgIpc) is 2.46. The first-order valence-electron chi connectivity index (χ1n) is 7.76. The quantitative estimate of drug-likeness (QED) is 0.380. The molecular weight excluding hydrogens is 268 g/mol. The summed E-state index contributed by atoms with van der Waals surface area (Å²) in [6, 6.07) is 0. The normalized spacial score (nSPS) is 17.7. The van der Waals surface area contributed by atoms with Gasteiger partial charge >= 0.3 is 5.97 Å². The molecule has 0 amide bonds. The van der Waals surface area contributed by atoms with E-state index in [0.717, 1.165) is 19.3 Å². The summed E-state index contributed by atoms with van der Waals surface area (Å²) in [5.41, 5.74) is 0.0379. The molecule has 1 atom stereocenters. The van der Waals surface area contributed by atoms with Crippen molar-refractivity contribution in [1.29, 1.82) is 0 Å². The second kappa shape index (κ2) is 9.27. The summed E-state index contributed by atoms with van der Waals surface area (Å²) in [7, 11) is 0. The fourth-order valence-electron chi connectivity index (χ4n) is 2.40. The number of ketones is 2. The van der Waals surface area contributed by atoms with Crippen LogP contribution in [-0.4, -0.2) is 22.6 Å². The third kappa shape index (κ3) is 5.66. The van der Waals surface area contributed by atoms with Crippen molar-refractivity contribution in [3.8, 4) is 0 Å². The van der Waals surface area contributed by atoms with E-state index in [1.165, 1.54) is 43.9 Å². The minimum atomic E-state index is -1.21. The van der Waals surface area contributed by atoms with Gasteiger partial charge in [0.05, 0.1) is 5.57 Å². The summed E-state index contributed by atoms with van der Waals surface area (Å²) in [5, 5.41) is 8.91. The highest BCUT2D eigenvalue weighted by molar-refractivity contribution is 6.25. The molecule has 1 rings (SSSR count). The summed E-state index contributed by atoms with van der Waals surface area (Å²) in [6.07, 6.45) is 12.3. The first-order chi connectivity index (χ1) is 10.1. The Bertz CT molecular complexity index is 446. The summed E-state index contributed by atoms with van der Waals surface area (Å²) in [4.78, 5) is 34.8. The molecule has 0 aliphatic heterocycles. The van der Waals surface area contributed by atoms with E-state index in [2.05, 4.69) is 6.92 Å². The van der Waals surface area contributed by atoms with Gasteiger partial charge in [0.1, 0.15) is 5.92 Å². The number of carbonyl (C=O) groups excluding carboxylic acids is 2. The van der Waals surface area contributed by atoms with E-state index in [9.17, 15) is 14.4 Å². The maximum Gasteiger partial charge on any atom is 0.318 e. The highest BCUT2D eigenvalue weighted by Gasteiger charge is 2.31. The van der Waals surface area contributed by atoms with Crippen molar-refractivity contribution < 1.29 is 19.5 Å². The lowest BCUT2D eigenvalue weighted by molar-refractivity contribution is -0.143. The molecule has 4 heteroatoms. The monoisotopic (exact) mass is 292 g/mol. The number of hydrogen-bond acceptors (Lipinski definition) is 3. The topological polar surface area (TPSA) is 71.4 Å². The zero-order valence-corrected chi connectivity index (χ0v) is 12.6. The number of Topliss-reactive ketones (excluding diaryl/α,β-unsaturated/α-hetero) is 2. The van der Waals surface area contributed by atoms with Crippen LogP contribution in [0.3, 0.4) is 0 Å². The molecule has 116 valence electrons. The number of carboxylic acid groups (broad SMARTS) is 1. The maximum atomic E-state index is 12.0. The second-order valence-corrected chi connectivity index (χ2v) is 5.44. The number of unbranched alkanes of at least 4 members (excludes halogenated alkanes) is 6. The van der Waals surface area contributed by atoms with Crippen LogP contribution < -0.4 is 0 Å². The minimum absolute atomic E-state index is 0.0379. The molecule has 0 aromatic rings. The number of rotatable bonds is 10. The maximum absolute atomic E-state index is 12.0. The van der Waals surface area contributed by atoms with Gasteiger partial charge in [0.25, 0.3) is 0 Å². The molecule has 21 heavy (non-hydrogen) atoms. The zero-order valence-electron chi connectivity index (χ0n) is 12.6. The fourth-order valence-corrected chi connectivity index (χ4v) is 2.40. The molecule has 4 nitrogen and oxygen atoms in total. The van der Waals surface area contributed by atoms with E-state index in [0.29, 0.717) is 6.42 Å². The van der Waals surface area contributed by atoms with Crippen molar-refractivity contribution >= 4 is 17.5 Å². The van der Waals surface area contributed by atoms with Crippen LogP contribution in [0.4, 0.5) is 0 Å². The van der Waals surface area contributed by atoms with Gasteiger partial charge in [-0.05, 0) is 12.5 Å². The number of aliphatic carboxylic acids is 1. The first kappa shape index (κ1) is 17.3. The van der Waals surface area contributed by atoms with E-state index in [1.54, 1.807) is 0 Å². The Morgan fingerprint density at radius 2 is 1.71 bits per heavy atom. The average molecular weight is 292 g/mol. The third-order valence-corrected chi connectivity index (χ3v) is 3.69. The molecular formula is C17H24O4. The lowest BCUT2D eigenvalue weighted by Crippen LogP contribution is -2.28. The van der Waals surface area contributed by atoms with Crippen LogP contribution in [0, 0.1) is 5.92 Å². The molecule has 1 aliphatic rings. The Morgan fingerprint density at radius 1 is 1.10 bits per heavy atom. The molecule has 0 saturated heterocycles. The van der Waals surface area contributed by atoms with Gasteiger partial charge in [0, 0.05) is 6.42 Å². The number of hydrogen-bond donors (Lipinski definition) is 1. The van der Waals surface area contributed by atoms with E-state index in [1.807, 2.05) is 0 Å². The molecule has 0 aromatic carbocycles. The van der Waals surface area contributed by atoms with Crippen LogP contribution >= 0.6 is 0 Å². The lowest BCUT2D eigenvalue weighted by atomic mass is 9.89. The van der Waals surface area contributed by atoms with Crippen molar-refractivity contribution in [3.63, 3.8) is 0 Å². The van der Waals surface area contributed by atoms with Crippen molar-refractivity contribution in [2.24, 2.45) is 5.92 Å². The Kier molecular flexibility index (Phi) is 7.65. The van der Waals surface area contributed by atoms with E-state index < -0.39 is 17.7 Å². The molecule has 0 saturated carbocycles. The van der Waals surface area contributed by atoms with Crippen molar-refractivity contribution in [2.45, 2.75) is 58.3 Å². The summed E-state index contributed by atoms with van der Waals surface area (Å²) in [5.74, 6) is -3.23. The van der Waals surface area contributed by atoms with Gasteiger partial charge in [0.15, 0.2) is 11.6 Å². The smallest absolute Gasteiger partial charge is 0.318 e. The van der Waals surface area contributed by atoms with Gasteiger partial charge in [0.2, 0.25) is 0 Å². The fraction of sp³-hybridized carbons (Fsp3) is 0.588. The largest absolute Gasteiger partial charge is 0.480 e. The molecule has 0 bridgehead atoms. The first-order valence-corrected chi connectivity index (χ1v) is 7.76. The van der Waals surface area contributed by atoms with Crippen molar-refractivity contribution in [2.75, 3.05) is 0 Å². The summed E-state index contributed by atoms with van der Waals surface area (Å²) < 4.78 is 0. The van der Waals surface area contributed by atoms with Crippen LogP contribution in [0.5, 0.6) is 0 Å². The highest BCUT2D eigenvalue weighted by atomic mass is 16.4. The van der Waals surface area contributed by atoms with Crippen molar-refractivity contribution in [3.05, 3.63) is 23.8 Å². The zero-order chi connectivity index (χ0) is 15.7. The standard InChI is InChI=1S/C17H24O4/c1-2-3-4-5-6-7-8-12-15(18)13-10-9-11-14(16(13)19)17(20)21/h9-11,14H,2-8,12H2,1H3,(H,20,21). The number of carbonyl (C=O) groups is 3. The predicted molar refractivity (Wildman–Crippen MR) is 81.0 cm³/mol. The van der Waals surface area contributed by atoms with Gasteiger partial charge in [-0.15, -0.1) is 0 Å². The molecule has 0 spiro atoms. The summed E-state index contributed by atoms with van der Waals surface area (Å²) >= 11 is 0. The number of allylic oxidation sites excluding steroid dienone is 3. The van der Waals surface area contributed by atoms with E-state index in [-0.39, 0.29) is 11.4 Å². The lowest BCUT2D eigenvalue weighted by Gasteiger charge is -2.12. The third-order valence-electron chi connectivity index (χ3n) is 3.69. The van der Waals surface area contributed by atoms with Crippen LogP contribution in [0.2, 0.25) is 0 Å².